The summed E-state index contributed by atoms with van der Waals surface area (Å²) in [4.78, 5) is 45.7. The van der Waals surface area contributed by atoms with Gasteiger partial charge in [0.2, 0.25) is 11.8 Å². The average molecular weight is 587 g/mol. The molecular formula is C33H38N4O6. The molecule has 43 heavy (non-hydrogen) atoms. The van der Waals surface area contributed by atoms with E-state index in [-0.39, 0.29) is 25.3 Å². The fourth-order valence-corrected chi connectivity index (χ4v) is 5.58. The van der Waals surface area contributed by atoms with E-state index in [2.05, 4.69) is 11.9 Å². The van der Waals surface area contributed by atoms with E-state index >= 15 is 0 Å². The fourth-order valence-electron chi connectivity index (χ4n) is 5.58. The number of aliphatic carboxylic acids is 1. The van der Waals surface area contributed by atoms with Crippen LogP contribution in [0.4, 0.5) is 0 Å². The summed E-state index contributed by atoms with van der Waals surface area (Å²) >= 11 is 0. The maximum Gasteiger partial charge on any atom is 0.330 e. The molecular weight excluding hydrogens is 548 g/mol. The van der Waals surface area contributed by atoms with Gasteiger partial charge in [-0.2, -0.15) is 0 Å². The summed E-state index contributed by atoms with van der Waals surface area (Å²) in [5.74, 6) is -1.28. The molecule has 1 aromatic heterocycles. The third-order valence-electron chi connectivity index (χ3n) is 8.42. The number of carbonyl (C=O) groups excluding carboxylic acids is 2. The number of nitrogens with one attached hydrogen (secondary N) is 1. The van der Waals surface area contributed by atoms with Crippen molar-refractivity contribution in [2.45, 2.75) is 57.3 Å². The van der Waals surface area contributed by atoms with Crippen LogP contribution in [-0.4, -0.2) is 70.2 Å². The number of ether oxygens (including phenoxy) is 2. The number of nitrogens with two attached hydrogens (primary N) is 1. The first-order chi connectivity index (χ1) is 20.4. The van der Waals surface area contributed by atoms with Gasteiger partial charge in [0.15, 0.2) is 0 Å². The number of pyridine rings is 1. The molecule has 1 aliphatic carbocycles. The average Bonchev–Trinajstić information content (AvgIpc) is 3.55. The van der Waals surface area contributed by atoms with Crippen molar-refractivity contribution in [2.24, 2.45) is 17.1 Å². The minimum atomic E-state index is -1.43. The Kier molecular flexibility index (Phi) is 7.91. The van der Waals surface area contributed by atoms with Gasteiger partial charge in [-0.05, 0) is 24.0 Å². The van der Waals surface area contributed by atoms with Crippen molar-refractivity contribution in [3.63, 3.8) is 0 Å². The Balaban J connectivity index is 1.49. The minimum absolute atomic E-state index is 0.103. The predicted molar refractivity (Wildman–Crippen MR) is 163 cm³/mol. The van der Waals surface area contributed by atoms with E-state index < -0.39 is 46.9 Å². The Bertz CT molecular complexity index is 1570. The molecule has 0 radical (unpaired) electrons. The lowest BCUT2D eigenvalue weighted by Crippen LogP contribution is -2.57. The Morgan fingerprint density at radius 3 is 2.51 bits per heavy atom. The highest BCUT2D eigenvalue weighted by atomic mass is 16.5. The highest BCUT2D eigenvalue weighted by Gasteiger charge is 2.61. The number of likely N-dealkylation sites (tertiary alicyclic amines) is 1. The van der Waals surface area contributed by atoms with Crippen LogP contribution in [-0.2, 0) is 14.4 Å². The predicted octanol–water partition coefficient (Wildman–Crippen LogP) is 3.78. The van der Waals surface area contributed by atoms with Gasteiger partial charge in [0.05, 0.1) is 30.9 Å². The number of aromatic nitrogens is 1. The molecule has 0 spiro atoms. The number of carboxylic acid groups (broad SMARTS) is 1. The van der Waals surface area contributed by atoms with Crippen molar-refractivity contribution in [1.29, 1.82) is 0 Å². The summed E-state index contributed by atoms with van der Waals surface area (Å²) in [7, 11) is 1.59. The number of hydrogen-bond acceptors (Lipinski definition) is 7. The molecule has 3 aromatic rings. The van der Waals surface area contributed by atoms with E-state index in [4.69, 9.17) is 20.2 Å². The molecule has 2 aliphatic rings. The Morgan fingerprint density at radius 1 is 1.19 bits per heavy atom. The SMILES string of the molecule is C=CC1C[C@]1(NC(=O)[C@@H]1C[C@@H](Oc2cc(-c3ccccc3)nc3cc(OC)ccc23)CN1C(=O)[C@@H](N)C(C)(C)C)C(=O)O. The molecule has 10 nitrogen and oxygen atoms in total. The van der Waals surface area contributed by atoms with Gasteiger partial charge < -0.3 is 30.5 Å². The van der Waals surface area contributed by atoms with Gasteiger partial charge in [-0.25, -0.2) is 9.78 Å². The van der Waals surface area contributed by atoms with Crippen LogP contribution in [0.1, 0.15) is 33.6 Å². The maximum absolute atomic E-state index is 13.7. The zero-order valence-electron chi connectivity index (χ0n) is 24.9. The third kappa shape index (κ3) is 5.79. The number of fused-ring (bicyclic) bond motifs is 1. The van der Waals surface area contributed by atoms with Gasteiger partial charge in [-0.15, -0.1) is 6.58 Å². The lowest BCUT2D eigenvalue weighted by atomic mass is 9.86. The molecule has 2 amide bonds. The standard InChI is InChI=1S/C33H38N4O6/c1-6-20-17-33(20,31(40)41)36-29(38)26-15-22(18-37(26)30(39)28(34)32(2,3)4)43-27-16-24(19-10-8-7-9-11-19)35-25-14-21(42-5)12-13-23(25)27/h6-14,16,20,22,26,28H,1,15,17-18,34H2,2-5H3,(H,36,38)(H,40,41)/t20?,22-,26+,28-,33-/m1/s1. The number of benzene rings is 2. The van der Waals surface area contributed by atoms with Crippen molar-refractivity contribution in [2.75, 3.05) is 13.7 Å². The third-order valence-corrected chi connectivity index (χ3v) is 8.42. The van der Waals surface area contributed by atoms with Crippen LogP contribution in [0.25, 0.3) is 22.2 Å². The molecule has 0 bridgehead atoms. The summed E-state index contributed by atoms with van der Waals surface area (Å²) in [6, 6.07) is 15.2. The van der Waals surface area contributed by atoms with Crippen molar-refractivity contribution in [3.05, 3.63) is 67.3 Å². The largest absolute Gasteiger partial charge is 0.497 e. The molecule has 1 saturated heterocycles. The second-order valence-electron chi connectivity index (χ2n) is 12.4. The van der Waals surface area contributed by atoms with Gasteiger partial charge in [-0.1, -0.05) is 57.2 Å². The molecule has 2 heterocycles. The van der Waals surface area contributed by atoms with Crippen molar-refractivity contribution < 1.29 is 29.0 Å². The fraction of sp³-hybridized carbons (Fsp3) is 0.394. The molecule has 2 aromatic carbocycles. The van der Waals surface area contributed by atoms with Gasteiger partial charge in [0, 0.05) is 35.4 Å². The van der Waals surface area contributed by atoms with E-state index in [1.54, 1.807) is 7.11 Å². The second-order valence-corrected chi connectivity index (χ2v) is 12.4. The summed E-state index contributed by atoms with van der Waals surface area (Å²) < 4.78 is 12.0. The molecule has 1 unspecified atom stereocenters. The van der Waals surface area contributed by atoms with Gasteiger partial charge >= 0.3 is 5.97 Å². The zero-order valence-corrected chi connectivity index (χ0v) is 24.9. The summed E-state index contributed by atoms with van der Waals surface area (Å²) in [5, 5.41) is 13.3. The zero-order chi connectivity index (χ0) is 31.1. The van der Waals surface area contributed by atoms with Crippen LogP contribution in [0.15, 0.2) is 67.3 Å². The number of methoxy groups -OCH3 is 1. The number of nitrogens with zero attached hydrogens (tertiary/aromatic N) is 2. The van der Waals surface area contributed by atoms with Crippen LogP contribution in [0.2, 0.25) is 0 Å². The lowest BCUT2D eigenvalue weighted by molar-refractivity contribution is -0.146. The number of amides is 2. The Morgan fingerprint density at radius 2 is 1.91 bits per heavy atom. The van der Waals surface area contributed by atoms with Gasteiger partial charge in [0.1, 0.15) is 29.2 Å². The van der Waals surface area contributed by atoms with Gasteiger partial charge in [-0.3, -0.25) is 9.59 Å². The number of hydrogen-bond donors (Lipinski definition) is 3. The summed E-state index contributed by atoms with van der Waals surface area (Å²) in [6.07, 6.45) is 1.36. The van der Waals surface area contributed by atoms with E-state index in [1.165, 1.54) is 11.0 Å². The van der Waals surface area contributed by atoms with E-state index in [1.807, 2.05) is 75.4 Å². The molecule has 1 aliphatic heterocycles. The first-order valence-corrected chi connectivity index (χ1v) is 14.3. The van der Waals surface area contributed by atoms with Crippen LogP contribution in [0, 0.1) is 11.3 Å². The summed E-state index contributed by atoms with van der Waals surface area (Å²) in [6.45, 7) is 9.37. The molecule has 226 valence electrons. The molecule has 5 atom stereocenters. The smallest absolute Gasteiger partial charge is 0.330 e. The highest BCUT2D eigenvalue weighted by molar-refractivity contribution is 5.96. The van der Waals surface area contributed by atoms with E-state index in [0.29, 0.717) is 22.7 Å². The van der Waals surface area contributed by atoms with Gasteiger partial charge in [0.25, 0.3) is 0 Å². The first-order valence-electron chi connectivity index (χ1n) is 14.3. The Labute approximate surface area is 250 Å². The highest BCUT2D eigenvalue weighted by Crippen LogP contribution is 2.45. The van der Waals surface area contributed by atoms with Crippen LogP contribution >= 0.6 is 0 Å². The number of carboxylic acids is 1. The van der Waals surface area contributed by atoms with Crippen LogP contribution < -0.4 is 20.5 Å². The monoisotopic (exact) mass is 586 g/mol. The molecule has 4 N–H and O–H groups in total. The van der Waals surface area contributed by atoms with Crippen LogP contribution in [0.3, 0.4) is 0 Å². The van der Waals surface area contributed by atoms with Crippen LogP contribution in [0.5, 0.6) is 11.5 Å². The molecule has 5 rings (SSSR count). The van der Waals surface area contributed by atoms with Crippen molar-refractivity contribution in [1.82, 2.24) is 15.2 Å². The lowest BCUT2D eigenvalue weighted by Gasteiger charge is -2.32. The van der Waals surface area contributed by atoms with Crippen molar-refractivity contribution in [3.8, 4) is 22.8 Å². The Hall–Kier alpha value is -4.44. The normalized spacial score (nSPS) is 23.8. The summed E-state index contributed by atoms with van der Waals surface area (Å²) in [5.41, 5.74) is 6.63. The molecule has 1 saturated carbocycles. The maximum atomic E-state index is 13.7. The number of carbonyl (C=O) groups is 3. The molecule has 2 fully saturated rings. The van der Waals surface area contributed by atoms with Crippen molar-refractivity contribution >= 4 is 28.7 Å². The minimum Gasteiger partial charge on any atom is -0.497 e. The van der Waals surface area contributed by atoms with E-state index in [0.717, 1.165) is 10.9 Å². The second kappa shape index (κ2) is 11.3. The topological polar surface area (TPSA) is 144 Å². The first kappa shape index (κ1) is 30.0. The molecule has 10 heteroatoms. The van der Waals surface area contributed by atoms with E-state index in [9.17, 15) is 19.5 Å². The quantitative estimate of drug-likeness (QED) is 0.322. The number of rotatable bonds is 9.